The van der Waals surface area contributed by atoms with Gasteiger partial charge >= 0.3 is 5.63 Å². The highest BCUT2D eigenvalue weighted by atomic mass is 79.9. The van der Waals surface area contributed by atoms with Crippen molar-refractivity contribution in [3.05, 3.63) is 69.3 Å². The van der Waals surface area contributed by atoms with Gasteiger partial charge in [0.25, 0.3) is 0 Å². The maximum absolute atomic E-state index is 11.7. The molecule has 8 heteroatoms. The summed E-state index contributed by atoms with van der Waals surface area (Å²) in [6, 6.07) is 6.94. The molecule has 0 unspecified atom stereocenters. The number of carbonyl (C=O) groups is 1. The maximum Gasteiger partial charge on any atom is 0.336 e. The van der Waals surface area contributed by atoms with Gasteiger partial charge in [0, 0.05) is 15.9 Å². The predicted molar refractivity (Wildman–Crippen MR) is 91.4 cm³/mol. The lowest BCUT2D eigenvalue weighted by molar-refractivity contribution is -0.116. The van der Waals surface area contributed by atoms with E-state index in [1.54, 1.807) is 16.9 Å². The molecule has 0 spiro atoms. The summed E-state index contributed by atoms with van der Waals surface area (Å²) in [5, 5.41) is 11.5. The van der Waals surface area contributed by atoms with E-state index in [0.29, 0.717) is 17.8 Å². The summed E-state index contributed by atoms with van der Waals surface area (Å²) in [5.41, 5.74) is 1.47. The molecule has 122 valence electrons. The highest BCUT2D eigenvalue weighted by Gasteiger charge is 2.09. The van der Waals surface area contributed by atoms with E-state index in [0.717, 1.165) is 15.4 Å². The first-order chi connectivity index (χ1) is 11.5. The summed E-state index contributed by atoms with van der Waals surface area (Å²) in [7, 11) is 0. The average Bonchev–Trinajstić information content (AvgIpc) is 2.99. The number of rotatable bonds is 5. The Bertz CT molecular complexity index is 977. The van der Waals surface area contributed by atoms with Crippen molar-refractivity contribution in [1.29, 1.82) is 0 Å². The van der Waals surface area contributed by atoms with Crippen LogP contribution < -0.4 is 10.9 Å². The zero-order chi connectivity index (χ0) is 17.1. The van der Waals surface area contributed by atoms with Crippen molar-refractivity contribution in [1.82, 2.24) is 20.3 Å². The highest BCUT2D eigenvalue weighted by Crippen LogP contribution is 2.22. The van der Waals surface area contributed by atoms with Crippen molar-refractivity contribution in [3.8, 4) is 0 Å². The number of carbonyl (C=O) groups excluding carboxylic acids is 1. The molecule has 0 aliphatic heterocycles. The lowest BCUT2D eigenvalue weighted by Crippen LogP contribution is -2.20. The number of halogens is 1. The van der Waals surface area contributed by atoms with Crippen LogP contribution in [0.15, 0.2) is 56.8 Å². The van der Waals surface area contributed by atoms with E-state index in [2.05, 4.69) is 38.1 Å². The van der Waals surface area contributed by atoms with E-state index in [-0.39, 0.29) is 12.5 Å². The molecule has 3 rings (SSSR count). The molecular weight excluding hydrogens is 376 g/mol. The SMILES string of the molecule is C=CC(=O)NCc1cn(Cc2cc(=O)oc3cc(Br)ccc23)nn1. The summed E-state index contributed by atoms with van der Waals surface area (Å²) in [4.78, 5) is 22.9. The van der Waals surface area contributed by atoms with Crippen LogP contribution in [0.4, 0.5) is 0 Å². The predicted octanol–water partition coefficient (Wildman–Crippen LogP) is 2.00. The third kappa shape index (κ3) is 3.60. The molecule has 1 amide bonds. The molecule has 0 aliphatic rings. The molecule has 0 saturated heterocycles. The van der Waals surface area contributed by atoms with Gasteiger partial charge in [-0.25, -0.2) is 9.48 Å². The van der Waals surface area contributed by atoms with E-state index < -0.39 is 5.63 Å². The third-order valence-corrected chi connectivity index (χ3v) is 3.83. The van der Waals surface area contributed by atoms with Gasteiger partial charge < -0.3 is 9.73 Å². The number of nitrogens with one attached hydrogen (secondary N) is 1. The van der Waals surface area contributed by atoms with Gasteiger partial charge in [0.2, 0.25) is 5.91 Å². The molecule has 2 heterocycles. The normalized spacial score (nSPS) is 10.7. The lowest BCUT2D eigenvalue weighted by atomic mass is 10.1. The Morgan fingerprint density at radius 1 is 1.42 bits per heavy atom. The fourth-order valence-electron chi connectivity index (χ4n) is 2.26. The third-order valence-electron chi connectivity index (χ3n) is 3.34. The molecule has 0 saturated carbocycles. The number of hydrogen-bond donors (Lipinski definition) is 1. The number of hydrogen-bond acceptors (Lipinski definition) is 5. The minimum atomic E-state index is -0.422. The van der Waals surface area contributed by atoms with Gasteiger partial charge in [0.05, 0.1) is 19.3 Å². The lowest BCUT2D eigenvalue weighted by Gasteiger charge is -2.05. The van der Waals surface area contributed by atoms with Gasteiger partial charge in [0.15, 0.2) is 0 Å². The molecule has 7 nitrogen and oxygen atoms in total. The first-order valence-electron chi connectivity index (χ1n) is 7.07. The minimum absolute atomic E-state index is 0.259. The Balaban J connectivity index is 1.85. The fraction of sp³-hybridized carbons (Fsp3) is 0.125. The van der Waals surface area contributed by atoms with Crippen molar-refractivity contribution >= 4 is 32.8 Å². The van der Waals surface area contributed by atoms with E-state index in [1.165, 1.54) is 12.1 Å². The number of fused-ring (bicyclic) bond motifs is 1. The molecule has 0 fully saturated rings. The van der Waals surface area contributed by atoms with E-state index in [9.17, 15) is 9.59 Å². The van der Waals surface area contributed by atoms with Crippen LogP contribution in [-0.4, -0.2) is 20.9 Å². The van der Waals surface area contributed by atoms with Gasteiger partial charge in [-0.1, -0.05) is 27.7 Å². The van der Waals surface area contributed by atoms with Crippen molar-refractivity contribution in [2.24, 2.45) is 0 Å². The van der Waals surface area contributed by atoms with Crippen LogP contribution in [0.3, 0.4) is 0 Å². The molecule has 0 bridgehead atoms. The zero-order valence-electron chi connectivity index (χ0n) is 12.5. The van der Waals surface area contributed by atoms with Crippen LogP contribution in [0.2, 0.25) is 0 Å². The molecule has 1 N–H and O–H groups in total. The summed E-state index contributed by atoms with van der Waals surface area (Å²) >= 11 is 3.36. The molecular formula is C16H13BrN4O3. The first-order valence-corrected chi connectivity index (χ1v) is 7.86. The van der Waals surface area contributed by atoms with Gasteiger partial charge in [-0.3, -0.25) is 4.79 Å². The van der Waals surface area contributed by atoms with Crippen molar-refractivity contribution in [2.75, 3.05) is 0 Å². The van der Waals surface area contributed by atoms with E-state index in [1.807, 2.05) is 12.1 Å². The van der Waals surface area contributed by atoms with Gasteiger partial charge in [0.1, 0.15) is 11.3 Å². The summed E-state index contributed by atoms with van der Waals surface area (Å²) in [6.07, 6.45) is 2.90. The van der Waals surface area contributed by atoms with Crippen molar-refractivity contribution in [2.45, 2.75) is 13.1 Å². The zero-order valence-corrected chi connectivity index (χ0v) is 14.1. The molecule has 0 aliphatic carbocycles. The molecule has 24 heavy (non-hydrogen) atoms. The Labute approximate surface area is 145 Å². The largest absolute Gasteiger partial charge is 0.423 e. The standard InChI is InChI=1S/C16H13BrN4O3/c1-2-15(22)18-7-12-9-21(20-19-12)8-10-5-16(23)24-14-6-11(17)3-4-13(10)14/h2-6,9H,1,7-8H2,(H,18,22). The highest BCUT2D eigenvalue weighted by molar-refractivity contribution is 9.10. The topological polar surface area (TPSA) is 90.0 Å². The Kier molecular flexibility index (Phi) is 4.57. The molecule has 0 atom stereocenters. The second kappa shape index (κ2) is 6.79. The fourth-order valence-corrected chi connectivity index (χ4v) is 2.60. The quantitative estimate of drug-likeness (QED) is 0.533. The Morgan fingerprint density at radius 2 is 2.25 bits per heavy atom. The van der Waals surface area contributed by atoms with Crippen molar-refractivity contribution in [3.63, 3.8) is 0 Å². The van der Waals surface area contributed by atoms with Crippen LogP contribution in [0.5, 0.6) is 0 Å². The molecule has 1 aromatic carbocycles. The number of aromatic nitrogens is 3. The molecule has 0 radical (unpaired) electrons. The minimum Gasteiger partial charge on any atom is -0.423 e. The maximum atomic E-state index is 11.7. The second-order valence-corrected chi connectivity index (χ2v) is 5.98. The molecule has 3 aromatic rings. The smallest absolute Gasteiger partial charge is 0.336 e. The summed E-state index contributed by atoms with van der Waals surface area (Å²) in [6.45, 7) is 4.01. The first kappa shape index (κ1) is 16.1. The number of benzene rings is 1. The Hall–Kier alpha value is -2.74. The monoisotopic (exact) mass is 388 g/mol. The summed E-state index contributed by atoms with van der Waals surface area (Å²) in [5.74, 6) is -0.276. The summed E-state index contributed by atoms with van der Waals surface area (Å²) < 4.78 is 7.65. The van der Waals surface area contributed by atoms with Crippen LogP contribution in [-0.2, 0) is 17.9 Å². The van der Waals surface area contributed by atoms with Gasteiger partial charge in [-0.05, 0) is 29.8 Å². The van der Waals surface area contributed by atoms with Crippen LogP contribution >= 0.6 is 15.9 Å². The van der Waals surface area contributed by atoms with E-state index >= 15 is 0 Å². The second-order valence-electron chi connectivity index (χ2n) is 5.06. The van der Waals surface area contributed by atoms with Crippen LogP contribution in [0.1, 0.15) is 11.3 Å². The van der Waals surface area contributed by atoms with Gasteiger partial charge in [-0.15, -0.1) is 5.10 Å². The van der Waals surface area contributed by atoms with Crippen LogP contribution in [0.25, 0.3) is 11.0 Å². The van der Waals surface area contributed by atoms with Crippen LogP contribution in [0, 0.1) is 0 Å². The van der Waals surface area contributed by atoms with Gasteiger partial charge in [-0.2, -0.15) is 0 Å². The molecule has 2 aromatic heterocycles. The number of amides is 1. The number of nitrogens with zero attached hydrogens (tertiary/aromatic N) is 3. The Morgan fingerprint density at radius 3 is 3.04 bits per heavy atom. The van der Waals surface area contributed by atoms with E-state index in [4.69, 9.17) is 4.42 Å². The average molecular weight is 389 g/mol. The van der Waals surface area contributed by atoms with Crippen molar-refractivity contribution < 1.29 is 9.21 Å².